The third kappa shape index (κ3) is 3.71. The Morgan fingerprint density at radius 3 is 3.17 bits per heavy atom. The summed E-state index contributed by atoms with van der Waals surface area (Å²) >= 11 is 0. The molecule has 1 aliphatic rings. The molecule has 24 heavy (non-hydrogen) atoms. The van der Waals surface area contributed by atoms with Crippen LogP contribution in [-0.2, 0) is 4.79 Å². The number of aromatic nitrogens is 2. The fourth-order valence-corrected chi connectivity index (χ4v) is 2.79. The third-order valence-electron chi connectivity index (χ3n) is 4.01. The molecule has 2 aromatic rings. The summed E-state index contributed by atoms with van der Waals surface area (Å²) in [6.45, 7) is 2.98. The number of hydrogen-bond acceptors (Lipinski definition) is 6. The molecule has 0 N–H and O–H groups in total. The van der Waals surface area contributed by atoms with Crippen molar-refractivity contribution in [2.75, 3.05) is 19.7 Å². The number of aryl methyl sites for hydroxylation is 1. The number of nitrogens with zero attached hydrogens (tertiary/aromatic N) is 4. The molecule has 0 unspecified atom stereocenters. The highest BCUT2D eigenvalue weighted by atomic mass is 16.5. The number of carbonyl (C=O) groups is 1. The summed E-state index contributed by atoms with van der Waals surface area (Å²) in [6.07, 6.45) is 1.84. The molecule has 1 aliphatic heterocycles. The minimum absolute atomic E-state index is 0.0487. The Hall–Kier alpha value is -2.88. The molecule has 3 rings (SSSR count). The lowest BCUT2D eigenvalue weighted by atomic mass is 9.97. The van der Waals surface area contributed by atoms with E-state index >= 15 is 0 Å². The number of piperidine rings is 1. The lowest BCUT2D eigenvalue weighted by Gasteiger charge is -2.31. The van der Waals surface area contributed by atoms with Gasteiger partial charge in [-0.1, -0.05) is 11.2 Å². The van der Waals surface area contributed by atoms with Gasteiger partial charge in [-0.2, -0.15) is 10.2 Å². The van der Waals surface area contributed by atoms with Crippen LogP contribution >= 0.6 is 0 Å². The molecule has 1 saturated heterocycles. The monoisotopic (exact) mass is 326 g/mol. The van der Waals surface area contributed by atoms with Gasteiger partial charge in [0.2, 0.25) is 5.89 Å². The topological polar surface area (TPSA) is 92.2 Å². The SMILES string of the molecule is Cc1nc([C@@H]2CCCN(C(=O)COc3cccc(C#N)c3)C2)no1. The van der Waals surface area contributed by atoms with Crippen LogP contribution in [0.3, 0.4) is 0 Å². The average Bonchev–Trinajstić information content (AvgIpc) is 3.06. The molecule has 7 nitrogen and oxygen atoms in total. The van der Waals surface area contributed by atoms with Crippen molar-refractivity contribution < 1.29 is 14.1 Å². The highest BCUT2D eigenvalue weighted by Gasteiger charge is 2.27. The van der Waals surface area contributed by atoms with Crippen LogP contribution in [0.25, 0.3) is 0 Å². The number of carbonyl (C=O) groups excluding carboxylic acids is 1. The summed E-state index contributed by atoms with van der Waals surface area (Å²) in [7, 11) is 0. The zero-order chi connectivity index (χ0) is 16.9. The van der Waals surface area contributed by atoms with E-state index in [-0.39, 0.29) is 18.4 Å². The molecule has 2 heterocycles. The minimum atomic E-state index is -0.0812. The molecular formula is C17H18N4O3. The predicted molar refractivity (Wildman–Crippen MR) is 84.2 cm³/mol. The maximum Gasteiger partial charge on any atom is 0.260 e. The van der Waals surface area contributed by atoms with Crippen molar-refractivity contribution in [2.45, 2.75) is 25.7 Å². The van der Waals surface area contributed by atoms with Gasteiger partial charge in [-0.3, -0.25) is 4.79 Å². The smallest absolute Gasteiger partial charge is 0.260 e. The van der Waals surface area contributed by atoms with E-state index in [0.29, 0.717) is 36.1 Å². The van der Waals surface area contributed by atoms with Crippen LogP contribution in [-0.4, -0.2) is 40.6 Å². The van der Waals surface area contributed by atoms with Crippen LogP contribution in [0.5, 0.6) is 5.75 Å². The second kappa shape index (κ2) is 7.13. The predicted octanol–water partition coefficient (Wildman–Crippen LogP) is 2.03. The van der Waals surface area contributed by atoms with Gasteiger partial charge in [-0.05, 0) is 31.0 Å². The van der Waals surface area contributed by atoms with Crippen molar-refractivity contribution in [3.63, 3.8) is 0 Å². The van der Waals surface area contributed by atoms with Gasteiger partial charge in [0.05, 0.1) is 11.6 Å². The van der Waals surface area contributed by atoms with Crippen molar-refractivity contribution in [2.24, 2.45) is 0 Å². The molecule has 0 spiro atoms. The van der Waals surface area contributed by atoms with Crippen LogP contribution in [0, 0.1) is 18.3 Å². The number of amides is 1. The van der Waals surface area contributed by atoms with Crippen LogP contribution < -0.4 is 4.74 Å². The van der Waals surface area contributed by atoms with Crippen molar-refractivity contribution >= 4 is 5.91 Å². The molecular weight excluding hydrogens is 308 g/mol. The van der Waals surface area contributed by atoms with Gasteiger partial charge in [0, 0.05) is 25.9 Å². The summed E-state index contributed by atoms with van der Waals surface area (Å²) in [4.78, 5) is 18.4. The quantitative estimate of drug-likeness (QED) is 0.853. The molecule has 1 atom stereocenters. The highest BCUT2D eigenvalue weighted by Crippen LogP contribution is 2.25. The zero-order valence-electron chi connectivity index (χ0n) is 13.4. The number of ether oxygens (including phenoxy) is 1. The van der Waals surface area contributed by atoms with E-state index in [9.17, 15) is 4.79 Å². The second-order valence-corrected chi connectivity index (χ2v) is 5.78. The third-order valence-corrected chi connectivity index (χ3v) is 4.01. The Labute approximate surface area is 139 Å². The second-order valence-electron chi connectivity index (χ2n) is 5.78. The Morgan fingerprint density at radius 1 is 1.54 bits per heavy atom. The largest absolute Gasteiger partial charge is 0.484 e. The van der Waals surface area contributed by atoms with Crippen molar-refractivity contribution in [1.29, 1.82) is 5.26 Å². The maximum atomic E-state index is 12.4. The van der Waals surface area contributed by atoms with E-state index in [1.165, 1.54) is 0 Å². The molecule has 0 saturated carbocycles. The number of hydrogen-bond donors (Lipinski definition) is 0. The molecule has 1 amide bonds. The first-order chi connectivity index (χ1) is 11.7. The Balaban J connectivity index is 1.57. The minimum Gasteiger partial charge on any atom is -0.484 e. The standard InChI is InChI=1S/C17H18N4O3/c1-12-19-17(20-24-12)14-5-3-7-21(10-14)16(22)11-23-15-6-2-4-13(8-15)9-18/h2,4,6,8,14H,3,5,7,10-11H2,1H3/t14-/m1/s1. The highest BCUT2D eigenvalue weighted by molar-refractivity contribution is 5.78. The molecule has 0 bridgehead atoms. The van der Waals surface area contributed by atoms with Gasteiger partial charge in [0.1, 0.15) is 5.75 Å². The number of rotatable bonds is 4. The molecule has 0 radical (unpaired) electrons. The average molecular weight is 326 g/mol. The Bertz CT molecular complexity index is 765. The van der Waals surface area contributed by atoms with Crippen LogP contribution in [0.4, 0.5) is 0 Å². The van der Waals surface area contributed by atoms with Gasteiger partial charge in [-0.15, -0.1) is 0 Å². The van der Waals surface area contributed by atoms with Crippen LogP contribution in [0.2, 0.25) is 0 Å². The molecule has 7 heteroatoms. The maximum absolute atomic E-state index is 12.4. The molecule has 1 fully saturated rings. The summed E-state index contributed by atoms with van der Waals surface area (Å²) in [5, 5.41) is 12.8. The normalized spacial score (nSPS) is 17.3. The lowest BCUT2D eigenvalue weighted by Crippen LogP contribution is -2.41. The molecule has 124 valence electrons. The van der Waals surface area contributed by atoms with E-state index < -0.39 is 0 Å². The van der Waals surface area contributed by atoms with Gasteiger partial charge in [0.25, 0.3) is 5.91 Å². The fraction of sp³-hybridized carbons (Fsp3) is 0.412. The van der Waals surface area contributed by atoms with E-state index in [4.69, 9.17) is 14.5 Å². The first kappa shape index (κ1) is 16.0. The number of benzene rings is 1. The Kier molecular flexibility index (Phi) is 4.75. The van der Waals surface area contributed by atoms with Crippen molar-refractivity contribution in [3.8, 4) is 11.8 Å². The van der Waals surface area contributed by atoms with Crippen molar-refractivity contribution in [3.05, 3.63) is 41.5 Å². The molecule has 0 aliphatic carbocycles. The summed E-state index contributed by atoms with van der Waals surface area (Å²) in [5.74, 6) is 1.73. The van der Waals surface area contributed by atoms with E-state index in [2.05, 4.69) is 10.1 Å². The lowest BCUT2D eigenvalue weighted by molar-refractivity contribution is -0.134. The van der Waals surface area contributed by atoms with Crippen molar-refractivity contribution in [1.82, 2.24) is 15.0 Å². The Morgan fingerprint density at radius 2 is 2.42 bits per heavy atom. The number of nitriles is 1. The van der Waals surface area contributed by atoms with E-state index in [1.807, 2.05) is 6.07 Å². The zero-order valence-corrected chi connectivity index (χ0v) is 13.4. The van der Waals surface area contributed by atoms with Gasteiger partial charge >= 0.3 is 0 Å². The van der Waals surface area contributed by atoms with Gasteiger partial charge in [0.15, 0.2) is 12.4 Å². The van der Waals surface area contributed by atoms with Crippen LogP contribution in [0.15, 0.2) is 28.8 Å². The first-order valence-corrected chi connectivity index (χ1v) is 7.86. The van der Waals surface area contributed by atoms with Gasteiger partial charge in [-0.25, -0.2) is 0 Å². The van der Waals surface area contributed by atoms with Gasteiger partial charge < -0.3 is 14.2 Å². The summed E-state index contributed by atoms with van der Waals surface area (Å²) < 4.78 is 10.5. The first-order valence-electron chi connectivity index (χ1n) is 7.86. The fourth-order valence-electron chi connectivity index (χ4n) is 2.79. The molecule has 1 aromatic heterocycles. The van der Waals surface area contributed by atoms with E-state index in [1.54, 1.807) is 36.1 Å². The van der Waals surface area contributed by atoms with E-state index in [0.717, 1.165) is 12.8 Å². The van der Waals surface area contributed by atoms with Crippen LogP contribution in [0.1, 0.15) is 36.0 Å². The summed E-state index contributed by atoms with van der Waals surface area (Å²) in [5.41, 5.74) is 0.505. The molecule has 1 aromatic carbocycles. The summed E-state index contributed by atoms with van der Waals surface area (Å²) in [6, 6.07) is 8.82. The number of likely N-dealkylation sites (tertiary alicyclic amines) is 1.